The first-order valence-electron chi connectivity index (χ1n) is 11.9. The zero-order valence-corrected chi connectivity index (χ0v) is 20.4. The second kappa shape index (κ2) is 9.17. The maximum absolute atomic E-state index is 15.4. The molecule has 0 bridgehead atoms. The van der Waals surface area contributed by atoms with Crippen LogP contribution in [-0.2, 0) is 0 Å². The fraction of sp³-hybridized carbons (Fsp3) is 0.231. The van der Waals surface area contributed by atoms with Gasteiger partial charge in [0.2, 0.25) is 0 Å². The number of anilines is 2. The molecule has 5 aromatic rings. The average Bonchev–Trinajstić information content (AvgIpc) is 3.51. The summed E-state index contributed by atoms with van der Waals surface area (Å²) >= 11 is 0. The van der Waals surface area contributed by atoms with Crippen molar-refractivity contribution in [3.8, 4) is 17.0 Å². The second-order valence-electron chi connectivity index (χ2n) is 9.00. The smallest absolute Gasteiger partial charge is 0.258 e. The van der Waals surface area contributed by atoms with Crippen molar-refractivity contribution in [3.63, 3.8) is 0 Å². The van der Waals surface area contributed by atoms with E-state index in [4.69, 9.17) is 4.74 Å². The molecule has 1 amide bonds. The molecule has 10 nitrogen and oxygen atoms in total. The number of nitrogens with zero attached hydrogens (tertiary/aromatic N) is 6. The summed E-state index contributed by atoms with van der Waals surface area (Å²) in [6.07, 6.45) is 3.29. The van der Waals surface area contributed by atoms with Gasteiger partial charge in [0.1, 0.15) is 11.4 Å². The van der Waals surface area contributed by atoms with Gasteiger partial charge in [-0.15, -0.1) is 0 Å². The number of aromatic amines is 1. The van der Waals surface area contributed by atoms with E-state index in [0.717, 1.165) is 31.9 Å². The van der Waals surface area contributed by atoms with E-state index < -0.39 is 5.82 Å². The third-order valence-corrected chi connectivity index (χ3v) is 6.71. The van der Waals surface area contributed by atoms with Crippen molar-refractivity contribution in [1.82, 2.24) is 29.7 Å². The van der Waals surface area contributed by atoms with Crippen LogP contribution >= 0.6 is 0 Å². The van der Waals surface area contributed by atoms with E-state index in [-0.39, 0.29) is 17.4 Å². The van der Waals surface area contributed by atoms with E-state index in [2.05, 4.69) is 42.4 Å². The monoisotopic (exact) mass is 500 g/mol. The molecule has 188 valence electrons. The molecule has 0 radical (unpaired) electrons. The van der Waals surface area contributed by atoms with Crippen LogP contribution in [0.15, 0.2) is 54.9 Å². The molecule has 11 heteroatoms. The number of halogens is 1. The molecular formula is C26H25FN8O2. The first-order chi connectivity index (χ1) is 18.0. The summed E-state index contributed by atoms with van der Waals surface area (Å²) in [7, 11) is 3.65. The van der Waals surface area contributed by atoms with Crippen LogP contribution in [0.3, 0.4) is 0 Å². The zero-order chi connectivity index (χ0) is 25.5. The lowest BCUT2D eigenvalue weighted by atomic mass is 10.1. The molecule has 0 unspecified atom stereocenters. The van der Waals surface area contributed by atoms with Crippen LogP contribution in [0.2, 0.25) is 0 Å². The molecule has 0 spiro atoms. The molecule has 1 aliphatic rings. The van der Waals surface area contributed by atoms with Gasteiger partial charge in [-0.05, 0) is 31.3 Å². The van der Waals surface area contributed by atoms with Gasteiger partial charge in [0.15, 0.2) is 17.3 Å². The van der Waals surface area contributed by atoms with Crippen LogP contribution in [-0.4, -0.2) is 75.9 Å². The Morgan fingerprint density at radius 2 is 1.95 bits per heavy atom. The van der Waals surface area contributed by atoms with Crippen LogP contribution in [0.1, 0.15) is 10.4 Å². The number of methoxy groups -OCH3 is 1. The molecule has 1 aliphatic heterocycles. The van der Waals surface area contributed by atoms with Crippen molar-refractivity contribution in [2.75, 3.05) is 50.6 Å². The maximum atomic E-state index is 15.4. The zero-order valence-electron chi connectivity index (χ0n) is 20.4. The van der Waals surface area contributed by atoms with Crippen molar-refractivity contribution in [2.24, 2.45) is 0 Å². The number of likely N-dealkylation sites (N-methyl/N-ethyl adjacent to an activating group) is 1. The van der Waals surface area contributed by atoms with Gasteiger partial charge in [0.05, 0.1) is 29.8 Å². The molecule has 6 rings (SSSR count). The molecule has 0 saturated carbocycles. The van der Waals surface area contributed by atoms with Crippen LogP contribution in [0.25, 0.3) is 27.8 Å². The summed E-state index contributed by atoms with van der Waals surface area (Å²) in [6.45, 7) is 3.51. The van der Waals surface area contributed by atoms with Gasteiger partial charge in [-0.25, -0.2) is 13.9 Å². The fourth-order valence-electron chi connectivity index (χ4n) is 4.64. The van der Waals surface area contributed by atoms with Crippen LogP contribution in [0, 0.1) is 5.82 Å². The Labute approximate surface area is 211 Å². The second-order valence-corrected chi connectivity index (χ2v) is 9.00. The predicted molar refractivity (Wildman–Crippen MR) is 139 cm³/mol. The first kappa shape index (κ1) is 22.9. The van der Waals surface area contributed by atoms with Gasteiger partial charge in [0, 0.05) is 49.7 Å². The van der Waals surface area contributed by atoms with E-state index in [9.17, 15) is 4.79 Å². The fourth-order valence-corrected chi connectivity index (χ4v) is 4.64. The van der Waals surface area contributed by atoms with E-state index in [1.807, 2.05) is 18.2 Å². The number of para-hydroxylation sites is 1. The summed E-state index contributed by atoms with van der Waals surface area (Å²) in [5.74, 6) is -0.0334. The summed E-state index contributed by atoms with van der Waals surface area (Å²) < 4.78 is 22.3. The molecule has 37 heavy (non-hydrogen) atoms. The highest BCUT2D eigenvalue weighted by molar-refractivity contribution is 6.10. The standard InChI is InChI=1S/C26H25FN8O2/c1-33-9-11-34(12-10-33)21-6-4-3-5-17(21)26(36)30-25-18-14-20(27)23(29-24(18)31-32-25)19-15-28-35-8-7-16(37-2)13-22(19)35/h3-8,13-15H,9-12H2,1-2H3,(H2,29,30,31,32,36). The number of pyridine rings is 2. The number of amides is 1. The number of hydrogen-bond donors (Lipinski definition) is 2. The largest absolute Gasteiger partial charge is 0.497 e. The van der Waals surface area contributed by atoms with Gasteiger partial charge < -0.3 is 19.9 Å². The molecule has 4 aromatic heterocycles. The van der Waals surface area contributed by atoms with Gasteiger partial charge in [0.25, 0.3) is 5.91 Å². The number of hydrogen-bond acceptors (Lipinski definition) is 7. The van der Waals surface area contributed by atoms with Crippen molar-refractivity contribution in [2.45, 2.75) is 0 Å². The van der Waals surface area contributed by atoms with Gasteiger partial charge >= 0.3 is 0 Å². The van der Waals surface area contributed by atoms with Crippen LogP contribution in [0.5, 0.6) is 5.75 Å². The Hall–Kier alpha value is -4.51. The van der Waals surface area contributed by atoms with Gasteiger partial charge in [-0.3, -0.25) is 9.89 Å². The maximum Gasteiger partial charge on any atom is 0.258 e. The van der Waals surface area contributed by atoms with Crippen molar-refractivity contribution in [1.29, 1.82) is 0 Å². The Kier molecular flexibility index (Phi) is 5.68. The molecule has 0 atom stereocenters. The molecule has 1 fully saturated rings. The number of carbonyl (C=O) groups is 1. The summed E-state index contributed by atoms with van der Waals surface area (Å²) in [5, 5.41) is 14.5. The van der Waals surface area contributed by atoms with E-state index in [1.165, 1.54) is 6.07 Å². The normalized spacial score (nSPS) is 14.4. The Morgan fingerprint density at radius 1 is 1.14 bits per heavy atom. The number of fused-ring (bicyclic) bond motifs is 2. The average molecular weight is 501 g/mol. The predicted octanol–water partition coefficient (Wildman–Crippen LogP) is 3.42. The summed E-state index contributed by atoms with van der Waals surface area (Å²) in [6, 6.07) is 12.3. The van der Waals surface area contributed by atoms with Crippen molar-refractivity contribution in [3.05, 3.63) is 66.2 Å². The topological polar surface area (TPSA) is 104 Å². The highest BCUT2D eigenvalue weighted by Crippen LogP contribution is 2.31. The lowest BCUT2D eigenvalue weighted by Gasteiger charge is -2.34. The quantitative estimate of drug-likeness (QED) is 0.381. The molecule has 5 heterocycles. The lowest BCUT2D eigenvalue weighted by molar-refractivity contribution is 0.102. The third-order valence-electron chi connectivity index (χ3n) is 6.71. The minimum absolute atomic E-state index is 0.123. The molecule has 1 aromatic carbocycles. The molecule has 2 N–H and O–H groups in total. The van der Waals surface area contributed by atoms with Crippen LogP contribution < -0.4 is 15.0 Å². The minimum Gasteiger partial charge on any atom is -0.497 e. The molecule has 1 saturated heterocycles. The lowest BCUT2D eigenvalue weighted by Crippen LogP contribution is -2.45. The number of H-pyrrole nitrogens is 1. The van der Waals surface area contributed by atoms with Gasteiger partial charge in [-0.1, -0.05) is 12.1 Å². The minimum atomic E-state index is -0.556. The Morgan fingerprint density at radius 3 is 2.76 bits per heavy atom. The highest BCUT2D eigenvalue weighted by atomic mass is 19.1. The van der Waals surface area contributed by atoms with Crippen molar-refractivity contribution < 1.29 is 13.9 Å². The molecule has 0 aliphatic carbocycles. The van der Waals surface area contributed by atoms with E-state index in [1.54, 1.807) is 42.2 Å². The summed E-state index contributed by atoms with van der Waals surface area (Å²) in [4.78, 5) is 22.2. The van der Waals surface area contributed by atoms with Crippen LogP contribution in [0.4, 0.5) is 15.9 Å². The van der Waals surface area contributed by atoms with E-state index >= 15 is 4.39 Å². The number of piperazine rings is 1. The number of carbonyl (C=O) groups excluding carboxylic acids is 1. The SMILES string of the molecule is COc1ccn2ncc(-c3nc4[nH]nc(NC(=O)c5ccccc5N5CCN(C)CC5)c4cc3F)c2c1. The van der Waals surface area contributed by atoms with Gasteiger partial charge in [-0.2, -0.15) is 10.2 Å². The van der Waals surface area contributed by atoms with E-state index in [0.29, 0.717) is 33.4 Å². The number of aromatic nitrogens is 5. The number of rotatable bonds is 5. The third kappa shape index (κ3) is 4.12. The Balaban J connectivity index is 1.31. The summed E-state index contributed by atoms with van der Waals surface area (Å²) in [5.41, 5.74) is 3.04. The number of ether oxygens (including phenoxy) is 1. The molecular weight excluding hydrogens is 475 g/mol. The Bertz CT molecular complexity index is 1620. The number of nitrogens with one attached hydrogen (secondary N) is 2. The number of benzene rings is 1. The van der Waals surface area contributed by atoms with Crippen molar-refractivity contribution >= 4 is 34.0 Å². The highest BCUT2D eigenvalue weighted by Gasteiger charge is 2.22. The first-order valence-corrected chi connectivity index (χ1v) is 11.9.